The summed E-state index contributed by atoms with van der Waals surface area (Å²) < 4.78 is 7.17. The smallest absolute Gasteiger partial charge is 0.293 e. The second kappa shape index (κ2) is 8.16. The fourth-order valence-electron chi connectivity index (χ4n) is 3.55. The van der Waals surface area contributed by atoms with Crippen molar-refractivity contribution in [2.75, 3.05) is 17.8 Å². The lowest BCUT2D eigenvalue weighted by atomic mass is 10.0. The molecule has 2 aromatic carbocycles. The summed E-state index contributed by atoms with van der Waals surface area (Å²) >= 11 is 1.28. The summed E-state index contributed by atoms with van der Waals surface area (Å²) in [6, 6.07) is 14.7. The Morgan fingerprint density at radius 2 is 2.03 bits per heavy atom. The van der Waals surface area contributed by atoms with Crippen LogP contribution in [0.3, 0.4) is 0 Å². The van der Waals surface area contributed by atoms with Crippen molar-refractivity contribution >= 4 is 23.4 Å². The molecule has 0 bridgehead atoms. The Kier molecular flexibility index (Phi) is 5.41. The van der Waals surface area contributed by atoms with Gasteiger partial charge < -0.3 is 9.84 Å². The lowest BCUT2D eigenvalue weighted by Gasteiger charge is -2.32. The number of carbonyl (C=O) groups is 1. The second-order valence-corrected chi connectivity index (χ2v) is 7.42. The van der Waals surface area contributed by atoms with Crippen LogP contribution in [0.2, 0.25) is 0 Å². The number of para-hydroxylation sites is 1. The molecule has 1 amide bonds. The molecule has 0 saturated heterocycles. The molecule has 2 heterocycles. The maximum absolute atomic E-state index is 12.9. The van der Waals surface area contributed by atoms with Crippen LogP contribution >= 0.6 is 11.8 Å². The van der Waals surface area contributed by atoms with Gasteiger partial charge in [0, 0.05) is 17.6 Å². The van der Waals surface area contributed by atoms with Crippen LogP contribution in [0.1, 0.15) is 18.7 Å². The predicted molar refractivity (Wildman–Crippen MR) is 112 cm³/mol. The van der Waals surface area contributed by atoms with E-state index in [-0.39, 0.29) is 11.8 Å². The average molecular weight is 420 g/mol. The first-order valence-electron chi connectivity index (χ1n) is 9.33. The number of benzene rings is 2. The van der Waals surface area contributed by atoms with Crippen LogP contribution in [0.15, 0.2) is 66.3 Å². The zero-order chi connectivity index (χ0) is 21.3. The summed E-state index contributed by atoms with van der Waals surface area (Å²) in [5.74, 6) is 0.154. The molecular weight excluding hydrogens is 400 g/mol. The van der Waals surface area contributed by atoms with Gasteiger partial charge in [-0.15, -0.1) is 0 Å². The number of ether oxygens (including phenoxy) is 1. The van der Waals surface area contributed by atoms with E-state index < -0.39 is 6.17 Å². The van der Waals surface area contributed by atoms with Gasteiger partial charge in [0.2, 0.25) is 5.91 Å². The first kappa shape index (κ1) is 19.9. The minimum absolute atomic E-state index is 0.158. The van der Waals surface area contributed by atoms with Crippen LogP contribution in [0.5, 0.6) is 11.6 Å². The van der Waals surface area contributed by atoms with Crippen molar-refractivity contribution in [1.82, 2.24) is 10.1 Å². The maximum Gasteiger partial charge on any atom is 0.293 e. The van der Waals surface area contributed by atoms with E-state index in [1.54, 1.807) is 15.7 Å². The molecule has 0 aliphatic carbocycles. The number of nitrogens with zero attached hydrogens (tertiary/aromatic N) is 4. The molecule has 152 valence electrons. The monoisotopic (exact) mass is 420 g/mol. The minimum atomic E-state index is -0.623. The number of amides is 1. The average Bonchev–Trinajstić information content (AvgIpc) is 2.76. The third kappa shape index (κ3) is 3.39. The maximum atomic E-state index is 12.9. The van der Waals surface area contributed by atoms with Crippen molar-refractivity contribution in [2.24, 2.45) is 0 Å². The Morgan fingerprint density at radius 3 is 2.70 bits per heavy atom. The molecule has 30 heavy (non-hydrogen) atoms. The van der Waals surface area contributed by atoms with Crippen molar-refractivity contribution in [2.45, 2.75) is 18.2 Å². The normalized spacial score (nSPS) is 14.6. The van der Waals surface area contributed by atoms with E-state index >= 15 is 0 Å². The fourth-order valence-corrected chi connectivity index (χ4v) is 3.90. The van der Waals surface area contributed by atoms with Gasteiger partial charge in [-0.1, -0.05) is 41.2 Å². The summed E-state index contributed by atoms with van der Waals surface area (Å²) in [6.45, 7) is 5.55. The van der Waals surface area contributed by atoms with Crippen molar-refractivity contribution < 1.29 is 19.3 Å². The van der Waals surface area contributed by atoms with E-state index in [0.29, 0.717) is 34.5 Å². The summed E-state index contributed by atoms with van der Waals surface area (Å²) in [5, 5.41) is 17.8. The number of hydrogen-bond donors (Lipinski definition) is 0. The molecule has 0 spiro atoms. The Morgan fingerprint density at radius 1 is 1.30 bits per heavy atom. The third-order valence-electron chi connectivity index (χ3n) is 4.79. The zero-order valence-electron chi connectivity index (χ0n) is 16.6. The van der Waals surface area contributed by atoms with Crippen molar-refractivity contribution in [3.8, 4) is 22.9 Å². The quantitative estimate of drug-likeness (QED) is 0.359. The van der Waals surface area contributed by atoms with Gasteiger partial charge >= 0.3 is 0 Å². The second-order valence-electron chi connectivity index (χ2n) is 6.65. The number of anilines is 1. The highest BCUT2D eigenvalue weighted by Gasteiger charge is 2.43. The van der Waals surface area contributed by atoms with Gasteiger partial charge in [0.1, 0.15) is 12.4 Å². The molecule has 0 fully saturated rings. The molecular formula is C22H20N4O3S. The van der Waals surface area contributed by atoms with E-state index in [1.165, 1.54) is 18.7 Å². The van der Waals surface area contributed by atoms with Crippen LogP contribution in [-0.2, 0) is 4.79 Å². The van der Waals surface area contributed by atoms with Gasteiger partial charge in [-0.3, -0.25) is 4.79 Å². The minimum Gasteiger partial charge on any atom is -0.854 e. The van der Waals surface area contributed by atoms with Crippen molar-refractivity contribution in [3.63, 3.8) is 0 Å². The Balaban J connectivity index is 1.94. The highest BCUT2D eigenvalue weighted by atomic mass is 32.2. The first-order valence-corrected chi connectivity index (χ1v) is 10.6. The lowest BCUT2D eigenvalue weighted by molar-refractivity contribution is -0.764. The number of aromatic nitrogens is 3. The SMILES string of the molecule is C=CCOc1ccc(C2N(C(C)=O)c3ccccc3-c3c([O-])nc(SC)n[n+]32)cc1. The highest BCUT2D eigenvalue weighted by Crippen LogP contribution is 2.40. The van der Waals surface area contributed by atoms with E-state index in [0.717, 1.165) is 5.56 Å². The molecule has 1 aliphatic rings. The summed E-state index contributed by atoms with van der Waals surface area (Å²) in [5.41, 5.74) is 2.44. The Hall–Kier alpha value is -3.39. The number of fused-ring (bicyclic) bond motifs is 3. The largest absolute Gasteiger partial charge is 0.854 e. The van der Waals surface area contributed by atoms with Gasteiger partial charge in [-0.2, -0.15) is 0 Å². The summed E-state index contributed by atoms with van der Waals surface area (Å²) in [6.07, 6.45) is 2.86. The van der Waals surface area contributed by atoms with Crippen LogP contribution in [-0.4, -0.2) is 28.9 Å². The number of carbonyl (C=O) groups excluding carboxylic acids is 1. The van der Waals surface area contributed by atoms with Gasteiger partial charge in [0.25, 0.3) is 17.0 Å². The summed E-state index contributed by atoms with van der Waals surface area (Å²) in [4.78, 5) is 18.5. The number of thioether (sulfide) groups is 1. The van der Waals surface area contributed by atoms with Crippen LogP contribution < -0.4 is 19.4 Å². The molecule has 0 radical (unpaired) electrons. The lowest BCUT2D eigenvalue weighted by Crippen LogP contribution is -2.58. The van der Waals surface area contributed by atoms with Gasteiger partial charge in [0.15, 0.2) is 0 Å². The molecule has 1 unspecified atom stereocenters. The van der Waals surface area contributed by atoms with Gasteiger partial charge in [-0.05, 0) is 42.7 Å². The molecule has 1 aliphatic heterocycles. The zero-order valence-corrected chi connectivity index (χ0v) is 17.4. The van der Waals surface area contributed by atoms with Crippen molar-refractivity contribution in [1.29, 1.82) is 0 Å². The Bertz CT molecular complexity index is 1120. The molecule has 0 N–H and O–H groups in total. The van der Waals surface area contributed by atoms with E-state index in [4.69, 9.17) is 4.74 Å². The molecule has 8 heteroatoms. The standard InChI is InChI=1S/C22H20N4O3S/c1-4-13-29-16-11-9-15(10-12-16)21-25(14(2)27)18-8-6-5-7-17(18)19-20(28)23-22(30-3)24-26(19)21/h4-12,21H,1,13H2,2-3H3. The number of rotatable bonds is 5. The topological polar surface area (TPSA) is 82.3 Å². The molecule has 3 aromatic rings. The first-order chi connectivity index (χ1) is 14.5. The van der Waals surface area contributed by atoms with E-state index in [9.17, 15) is 9.90 Å². The molecule has 7 nitrogen and oxygen atoms in total. The van der Waals surface area contributed by atoms with E-state index in [2.05, 4.69) is 16.7 Å². The summed E-state index contributed by atoms with van der Waals surface area (Å²) in [7, 11) is 0. The third-order valence-corrected chi connectivity index (χ3v) is 5.32. The van der Waals surface area contributed by atoms with Gasteiger partial charge in [0.05, 0.1) is 17.1 Å². The highest BCUT2D eigenvalue weighted by molar-refractivity contribution is 7.98. The van der Waals surface area contributed by atoms with Crippen LogP contribution in [0.4, 0.5) is 5.69 Å². The predicted octanol–water partition coefficient (Wildman–Crippen LogP) is 2.70. The molecule has 4 rings (SSSR count). The van der Waals surface area contributed by atoms with Crippen LogP contribution in [0, 0.1) is 0 Å². The number of hydrogen-bond acceptors (Lipinski definition) is 6. The van der Waals surface area contributed by atoms with Gasteiger partial charge in [-0.25, -0.2) is 9.88 Å². The molecule has 1 atom stereocenters. The van der Waals surface area contributed by atoms with Crippen LogP contribution in [0.25, 0.3) is 11.3 Å². The molecule has 0 saturated carbocycles. The fraction of sp³-hybridized carbons (Fsp3) is 0.182. The molecule has 1 aromatic heterocycles. The van der Waals surface area contributed by atoms with Crippen molar-refractivity contribution in [3.05, 3.63) is 66.7 Å². The Labute approximate surface area is 178 Å². The van der Waals surface area contributed by atoms with E-state index in [1.807, 2.05) is 54.8 Å².